The molecule has 2 atom stereocenters. The monoisotopic (exact) mass is 480 g/mol. The summed E-state index contributed by atoms with van der Waals surface area (Å²) in [7, 11) is 0. The van der Waals surface area contributed by atoms with Crippen LogP contribution in [0.3, 0.4) is 0 Å². The lowest BCUT2D eigenvalue weighted by Gasteiger charge is -2.34. The second-order valence-electron chi connectivity index (χ2n) is 10.3. The zero-order valence-electron chi connectivity index (χ0n) is 21.2. The second-order valence-corrected chi connectivity index (χ2v) is 10.3. The first-order chi connectivity index (χ1) is 16.5. The average molecular weight is 481 g/mol. The fourth-order valence-electron chi connectivity index (χ4n) is 4.50. The number of alkyl carbamates (subject to hydrolysis) is 1. The Morgan fingerprint density at radius 3 is 2.06 bits per heavy atom. The third-order valence-electron chi connectivity index (χ3n) is 6.81. The molecule has 3 rings (SSSR count). The van der Waals surface area contributed by atoms with E-state index in [1.807, 2.05) is 58.9 Å². The minimum atomic E-state index is -1.06. The summed E-state index contributed by atoms with van der Waals surface area (Å²) in [5, 5.41) is 12.1. The van der Waals surface area contributed by atoms with Crippen LogP contribution in [0.15, 0.2) is 48.5 Å². The number of ether oxygens (including phenoxy) is 1. The number of hydrogen-bond donors (Lipinski definition) is 2. The van der Waals surface area contributed by atoms with Gasteiger partial charge in [0.1, 0.15) is 13.2 Å². The van der Waals surface area contributed by atoms with Gasteiger partial charge in [-0.1, -0.05) is 76.2 Å². The van der Waals surface area contributed by atoms with Crippen molar-refractivity contribution in [2.24, 2.45) is 5.41 Å². The molecule has 0 heterocycles. The Morgan fingerprint density at radius 1 is 1.03 bits per heavy atom. The van der Waals surface area contributed by atoms with E-state index in [1.165, 1.54) is 4.90 Å². The van der Waals surface area contributed by atoms with Gasteiger partial charge in [0.2, 0.25) is 5.91 Å². The molecule has 2 aromatic rings. The maximum absolute atomic E-state index is 13.0. The fourth-order valence-corrected chi connectivity index (χ4v) is 4.50. The van der Waals surface area contributed by atoms with Crippen molar-refractivity contribution in [2.75, 3.05) is 13.2 Å². The van der Waals surface area contributed by atoms with Crippen LogP contribution in [0.5, 0.6) is 0 Å². The van der Waals surface area contributed by atoms with E-state index in [0.29, 0.717) is 6.42 Å². The number of carboxylic acid groups (broad SMARTS) is 1. The molecule has 2 N–H and O–H groups in total. The lowest BCUT2D eigenvalue weighted by molar-refractivity contribution is -0.146. The Morgan fingerprint density at radius 2 is 1.57 bits per heavy atom. The minimum Gasteiger partial charge on any atom is -0.480 e. The van der Waals surface area contributed by atoms with Crippen molar-refractivity contribution in [3.8, 4) is 11.1 Å². The van der Waals surface area contributed by atoms with Gasteiger partial charge in [-0.15, -0.1) is 0 Å². The van der Waals surface area contributed by atoms with Crippen LogP contribution in [-0.4, -0.2) is 53.2 Å². The van der Waals surface area contributed by atoms with Crippen molar-refractivity contribution in [3.63, 3.8) is 0 Å². The predicted octanol–water partition coefficient (Wildman–Crippen LogP) is 5.04. The summed E-state index contributed by atoms with van der Waals surface area (Å²) in [5.74, 6) is -1.42. The van der Waals surface area contributed by atoms with Crippen molar-refractivity contribution in [1.82, 2.24) is 10.2 Å². The summed E-state index contributed by atoms with van der Waals surface area (Å²) < 4.78 is 5.67. The quantitative estimate of drug-likeness (QED) is 0.524. The van der Waals surface area contributed by atoms with E-state index in [2.05, 4.69) is 29.6 Å². The number of aliphatic carboxylic acids is 1. The number of benzene rings is 2. The van der Waals surface area contributed by atoms with Crippen LogP contribution in [0.1, 0.15) is 64.5 Å². The molecule has 0 saturated heterocycles. The highest BCUT2D eigenvalue weighted by atomic mass is 16.5. The predicted molar refractivity (Wildman–Crippen MR) is 135 cm³/mol. The summed E-state index contributed by atoms with van der Waals surface area (Å²) in [6.45, 7) is 9.34. The van der Waals surface area contributed by atoms with Gasteiger partial charge in [0.25, 0.3) is 0 Å². The van der Waals surface area contributed by atoms with Gasteiger partial charge in [0, 0.05) is 24.4 Å². The summed E-state index contributed by atoms with van der Waals surface area (Å²) in [5.41, 5.74) is 4.12. The Hall–Kier alpha value is -3.35. The van der Waals surface area contributed by atoms with Gasteiger partial charge in [-0.2, -0.15) is 0 Å². The van der Waals surface area contributed by atoms with Crippen LogP contribution >= 0.6 is 0 Å². The average Bonchev–Trinajstić information content (AvgIpc) is 3.13. The molecule has 188 valence electrons. The summed E-state index contributed by atoms with van der Waals surface area (Å²) in [4.78, 5) is 38.5. The maximum atomic E-state index is 13.0. The van der Waals surface area contributed by atoms with Crippen LogP contribution in [0.2, 0.25) is 0 Å². The molecule has 35 heavy (non-hydrogen) atoms. The van der Waals surface area contributed by atoms with Gasteiger partial charge in [-0.25, -0.2) is 4.79 Å². The maximum Gasteiger partial charge on any atom is 0.407 e. The molecule has 0 aromatic heterocycles. The van der Waals surface area contributed by atoms with Gasteiger partial charge in [-0.3, -0.25) is 9.59 Å². The molecule has 2 amide bonds. The van der Waals surface area contributed by atoms with Gasteiger partial charge in [0.15, 0.2) is 0 Å². The Bertz CT molecular complexity index is 1030. The molecule has 2 aromatic carbocycles. The number of rotatable bonds is 9. The van der Waals surface area contributed by atoms with E-state index >= 15 is 0 Å². The van der Waals surface area contributed by atoms with Crippen LogP contribution < -0.4 is 5.32 Å². The Balaban J connectivity index is 1.69. The largest absolute Gasteiger partial charge is 0.480 e. The zero-order valence-corrected chi connectivity index (χ0v) is 21.2. The molecular weight excluding hydrogens is 444 g/mol. The molecule has 0 aliphatic heterocycles. The molecule has 0 radical (unpaired) electrons. The first-order valence-electron chi connectivity index (χ1n) is 12.2. The number of carboxylic acids is 1. The van der Waals surface area contributed by atoms with Crippen LogP contribution in [-0.2, 0) is 14.3 Å². The lowest BCUT2D eigenvalue weighted by Crippen LogP contribution is -2.49. The number of nitrogens with one attached hydrogen (secondary N) is 1. The normalized spacial score (nSPS) is 14.4. The standard InChI is InChI=1S/C28H36N2O5/c1-6-18(2)30(16-26(32)33)25(31)15-24(28(3,4)5)29-27(34)35-17-23-21-13-9-7-11-19(21)20-12-8-10-14-22(20)23/h7-14,18,23-24H,6,15-17H2,1-5H3,(H,29,34)(H,32,33). The first kappa shape index (κ1) is 26.3. The number of fused-ring (bicyclic) bond motifs is 3. The second kappa shape index (κ2) is 10.9. The van der Waals surface area contributed by atoms with Crippen LogP contribution in [0, 0.1) is 5.41 Å². The Kier molecular flexibility index (Phi) is 8.20. The molecule has 0 spiro atoms. The SMILES string of the molecule is CCC(C)N(CC(=O)O)C(=O)CC(NC(=O)OCC1c2ccccc2-c2ccccc21)C(C)(C)C. The number of nitrogens with zero attached hydrogens (tertiary/aromatic N) is 1. The summed E-state index contributed by atoms with van der Waals surface area (Å²) >= 11 is 0. The van der Waals surface area contributed by atoms with Crippen molar-refractivity contribution >= 4 is 18.0 Å². The van der Waals surface area contributed by atoms with Gasteiger partial charge in [-0.05, 0) is 41.0 Å². The topological polar surface area (TPSA) is 95.9 Å². The van der Waals surface area contributed by atoms with Crippen LogP contribution in [0.4, 0.5) is 4.79 Å². The zero-order chi connectivity index (χ0) is 25.8. The first-order valence-corrected chi connectivity index (χ1v) is 12.2. The Labute approximate surface area is 207 Å². The smallest absolute Gasteiger partial charge is 0.407 e. The van der Waals surface area contributed by atoms with Crippen LogP contribution in [0.25, 0.3) is 11.1 Å². The van der Waals surface area contributed by atoms with E-state index in [-0.39, 0.29) is 37.4 Å². The number of carbonyl (C=O) groups excluding carboxylic acids is 2. The molecule has 1 aliphatic rings. The van der Waals surface area contributed by atoms with E-state index in [9.17, 15) is 19.5 Å². The molecule has 7 heteroatoms. The van der Waals surface area contributed by atoms with Crippen molar-refractivity contribution in [1.29, 1.82) is 0 Å². The number of amides is 2. The molecular formula is C28H36N2O5. The minimum absolute atomic E-state index is 0.00862. The highest BCUT2D eigenvalue weighted by molar-refractivity contribution is 5.83. The molecule has 2 unspecified atom stereocenters. The van der Waals surface area contributed by atoms with Crippen molar-refractivity contribution < 1.29 is 24.2 Å². The molecule has 0 bridgehead atoms. The van der Waals surface area contributed by atoms with E-state index in [0.717, 1.165) is 22.3 Å². The number of carbonyl (C=O) groups is 3. The van der Waals surface area contributed by atoms with E-state index in [4.69, 9.17) is 4.74 Å². The third-order valence-corrected chi connectivity index (χ3v) is 6.81. The molecule has 0 saturated carbocycles. The van der Waals surface area contributed by atoms with Crippen molar-refractivity contribution in [2.45, 2.75) is 65.5 Å². The molecule has 7 nitrogen and oxygen atoms in total. The summed E-state index contributed by atoms with van der Waals surface area (Å²) in [6, 6.07) is 15.5. The van der Waals surface area contributed by atoms with E-state index < -0.39 is 23.5 Å². The number of hydrogen-bond acceptors (Lipinski definition) is 4. The molecule has 0 fully saturated rings. The fraction of sp³-hybridized carbons (Fsp3) is 0.464. The lowest BCUT2D eigenvalue weighted by atomic mass is 9.84. The summed E-state index contributed by atoms with van der Waals surface area (Å²) in [6.07, 6.45) is 0.0394. The van der Waals surface area contributed by atoms with E-state index in [1.54, 1.807) is 0 Å². The molecule has 1 aliphatic carbocycles. The van der Waals surface area contributed by atoms with Gasteiger partial charge in [0.05, 0.1) is 0 Å². The van der Waals surface area contributed by atoms with Gasteiger partial charge < -0.3 is 20.1 Å². The van der Waals surface area contributed by atoms with Crippen molar-refractivity contribution in [3.05, 3.63) is 59.7 Å². The highest BCUT2D eigenvalue weighted by Crippen LogP contribution is 2.44. The van der Waals surface area contributed by atoms with Gasteiger partial charge >= 0.3 is 12.1 Å². The third kappa shape index (κ3) is 6.21. The highest BCUT2D eigenvalue weighted by Gasteiger charge is 2.33.